The van der Waals surface area contributed by atoms with Crippen LogP contribution >= 0.6 is 0 Å². The standard InChI is InChI=1S/C22H22N2O3/c1-15-6-4-8-17(24-15)14-26-22-19(12-16-7-5-11-23-13-16)21(25)18-9-2-3-10-20(18)27-22/h2-11,13,19,21-22,25H,12,14H2,1H3. The van der Waals surface area contributed by atoms with Crippen LogP contribution in [0.3, 0.4) is 0 Å². The molecule has 3 unspecified atom stereocenters. The van der Waals surface area contributed by atoms with Crippen molar-refractivity contribution in [2.45, 2.75) is 32.3 Å². The summed E-state index contributed by atoms with van der Waals surface area (Å²) in [5.74, 6) is 0.420. The Bertz CT molecular complexity index is 901. The van der Waals surface area contributed by atoms with Crippen LogP contribution in [0.5, 0.6) is 5.75 Å². The van der Waals surface area contributed by atoms with Crippen molar-refractivity contribution in [3.8, 4) is 5.75 Å². The van der Waals surface area contributed by atoms with Crippen LogP contribution in [0, 0.1) is 12.8 Å². The summed E-state index contributed by atoms with van der Waals surface area (Å²) < 4.78 is 12.2. The van der Waals surface area contributed by atoms with Crippen molar-refractivity contribution in [1.82, 2.24) is 9.97 Å². The molecule has 3 atom stereocenters. The smallest absolute Gasteiger partial charge is 0.206 e. The number of fused-ring (bicyclic) bond motifs is 1. The molecule has 2 aromatic heterocycles. The van der Waals surface area contributed by atoms with Gasteiger partial charge in [-0.3, -0.25) is 9.97 Å². The van der Waals surface area contributed by atoms with E-state index in [1.54, 1.807) is 6.20 Å². The molecule has 1 N–H and O–H groups in total. The molecule has 1 aromatic carbocycles. The lowest BCUT2D eigenvalue weighted by Gasteiger charge is -2.37. The lowest BCUT2D eigenvalue weighted by Crippen LogP contribution is -2.39. The molecule has 3 heterocycles. The van der Waals surface area contributed by atoms with Gasteiger partial charge in [-0.1, -0.05) is 30.3 Å². The van der Waals surface area contributed by atoms with Gasteiger partial charge in [0.15, 0.2) is 0 Å². The number of aromatic nitrogens is 2. The minimum atomic E-state index is -0.675. The molecule has 3 aromatic rings. The monoisotopic (exact) mass is 362 g/mol. The van der Waals surface area contributed by atoms with Gasteiger partial charge in [0.2, 0.25) is 6.29 Å². The molecule has 0 fully saturated rings. The van der Waals surface area contributed by atoms with E-state index in [2.05, 4.69) is 9.97 Å². The first kappa shape index (κ1) is 17.6. The third kappa shape index (κ3) is 3.99. The maximum Gasteiger partial charge on any atom is 0.206 e. The third-order valence-electron chi connectivity index (χ3n) is 4.77. The zero-order valence-electron chi connectivity index (χ0n) is 15.2. The predicted octanol–water partition coefficient (Wildman–Crippen LogP) is 3.61. The van der Waals surface area contributed by atoms with Crippen molar-refractivity contribution in [2.24, 2.45) is 5.92 Å². The number of ether oxygens (including phenoxy) is 2. The molecular weight excluding hydrogens is 340 g/mol. The quantitative estimate of drug-likeness (QED) is 0.751. The second-order valence-electron chi connectivity index (χ2n) is 6.78. The molecule has 27 heavy (non-hydrogen) atoms. The van der Waals surface area contributed by atoms with Crippen LogP contribution < -0.4 is 4.74 Å². The van der Waals surface area contributed by atoms with Gasteiger partial charge in [0.1, 0.15) is 5.75 Å². The first-order valence-corrected chi connectivity index (χ1v) is 9.07. The van der Waals surface area contributed by atoms with Crippen LogP contribution in [0.4, 0.5) is 0 Å². The maximum atomic E-state index is 11.0. The zero-order valence-corrected chi connectivity index (χ0v) is 15.2. The Labute approximate surface area is 158 Å². The normalized spacial score (nSPS) is 21.3. The van der Waals surface area contributed by atoms with Crippen molar-refractivity contribution in [3.63, 3.8) is 0 Å². The average molecular weight is 362 g/mol. The van der Waals surface area contributed by atoms with E-state index in [-0.39, 0.29) is 5.92 Å². The van der Waals surface area contributed by atoms with E-state index in [9.17, 15) is 5.11 Å². The van der Waals surface area contributed by atoms with Gasteiger partial charge < -0.3 is 14.6 Å². The number of para-hydroxylation sites is 1. The van der Waals surface area contributed by atoms with Gasteiger partial charge in [-0.2, -0.15) is 0 Å². The summed E-state index contributed by atoms with van der Waals surface area (Å²) in [6, 6.07) is 17.3. The minimum Gasteiger partial charge on any atom is -0.464 e. The highest BCUT2D eigenvalue weighted by Gasteiger charge is 2.38. The van der Waals surface area contributed by atoms with Crippen LogP contribution in [0.1, 0.15) is 28.6 Å². The van der Waals surface area contributed by atoms with Gasteiger partial charge in [-0.15, -0.1) is 0 Å². The Morgan fingerprint density at radius 1 is 1.07 bits per heavy atom. The fraction of sp³-hybridized carbons (Fsp3) is 0.273. The van der Waals surface area contributed by atoms with E-state index in [1.165, 1.54) is 0 Å². The molecule has 5 nitrogen and oxygen atoms in total. The Balaban J connectivity index is 1.58. The highest BCUT2D eigenvalue weighted by atomic mass is 16.7. The van der Waals surface area contributed by atoms with Gasteiger partial charge in [-0.05, 0) is 43.2 Å². The van der Waals surface area contributed by atoms with Crippen molar-refractivity contribution < 1.29 is 14.6 Å². The number of aliphatic hydroxyl groups is 1. The lowest BCUT2D eigenvalue weighted by molar-refractivity contribution is -0.163. The highest BCUT2D eigenvalue weighted by molar-refractivity contribution is 5.37. The molecule has 0 bridgehead atoms. The number of aliphatic hydroxyl groups excluding tert-OH is 1. The molecule has 0 amide bonds. The number of pyridine rings is 2. The summed E-state index contributed by atoms with van der Waals surface area (Å²) in [4.78, 5) is 8.65. The van der Waals surface area contributed by atoms with E-state index in [1.807, 2.05) is 67.7 Å². The molecule has 5 heteroatoms. The summed E-state index contributed by atoms with van der Waals surface area (Å²) in [7, 11) is 0. The van der Waals surface area contributed by atoms with Crippen molar-refractivity contribution in [1.29, 1.82) is 0 Å². The van der Waals surface area contributed by atoms with Crippen LogP contribution in [0.25, 0.3) is 0 Å². The van der Waals surface area contributed by atoms with Crippen LogP contribution in [-0.2, 0) is 17.8 Å². The molecule has 4 rings (SSSR count). The van der Waals surface area contributed by atoms with Crippen LogP contribution in [-0.4, -0.2) is 21.4 Å². The van der Waals surface area contributed by atoms with E-state index >= 15 is 0 Å². The summed E-state index contributed by atoms with van der Waals surface area (Å²) in [6.45, 7) is 2.27. The molecule has 138 valence electrons. The van der Waals surface area contributed by atoms with E-state index in [0.717, 1.165) is 22.5 Å². The van der Waals surface area contributed by atoms with E-state index < -0.39 is 12.4 Å². The first-order valence-electron chi connectivity index (χ1n) is 9.07. The van der Waals surface area contributed by atoms with Gasteiger partial charge in [0.05, 0.1) is 24.3 Å². The first-order chi connectivity index (χ1) is 13.2. The van der Waals surface area contributed by atoms with Gasteiger partial charge >= 0.3 is 0 Å². The Hall–Kier alpha value is -2.76. The summed E-state index contributed by atoms with van der Waals surface area (Å²) in [6.07, 6.45) is 2.91. The SMILES string of the molecule is Cc1cccc(COC2Oc3ccccc3C(O)C2Cc2cccnc2)n1. The van der Waals surface area contributed by atoms with Crippen molar-refractivity contribution >= 4 is 0 Å². The molecule has 0 saturated carbocycles. The van der Waals surface area contributed by atoms with Crippen LogP contribution in [0.2, 0.25) is 0 Å². The summed E-state index contributed by atoms with van der Waals surface area (Å²) >= 11 is 0. The number of hydrogen-bond donors (Lipinski definition) is 1. The van der Waals surface area contributed by atoms with Crippen molar-refractivity contribution in [3.05, 3.63) is 89.5 Å². The molecule has 1 aliphatic rings. The number of hydrogen-bond acceptors (Lipinski definition) is 5. The second-order valence-corrected chi connectivity index (χ2v) is 6.78. The second kappa shape index (κ2) is 7.86. The predicted molar refractivity (Wildman–Crippen MR) is 101 cm³/mol. The average Bonchev–Trinajstić information content (AvgIpc) is 2.70. The van der Waals surface area contributed by atoms with E-state index in [4.69, 9.17) is 9.47 Å². The Morgan fingerprint density at radius 3 is 2.78 bits per heavy atom. The molecule has 0 radical (unpaired) electrons. The number of nitrogens with zero attached hydrogens (tertiary/aromatic N) is 2. The number of rotatable bonds is 5. The molecule has 1 aliphatic heterocycles. The molecular formula is C22H22N2O3. The molecule has 0 aliphatic carbocycles. The largest absolute Gasteiger partial charge is 0.464 e. The number of aryl methyl sites for hydroxylation is 1. The summed E-state index contributed by atoms with van der Waals surface area (Å²) in [5.41, 5.74) is 3.61. The highest BCUT2D eigenvalue weighted by Crippen LogP contribution is 2.40. The Kier molecular flexibility index (Phi) is 5.14. The fourth-order valence-electron chi connectivity index (χ4n) is 3.43. The topological polar surface area (TPSA) is 64.5 Å². The van der Waals surface area contributed by atoms with Crippen molar-refractivity contribution in [2.75, 3.05) is 0 Å². The maximum absolute atomic E-state index is 11.0. The van der Waals surface area contributed by atoms with Crippen LogP contribution in [0.15, 0.2) is 67.0 Å². The fourth-order valence-corrected chi connectivity index (χ4v) is 3.43. The van der Waals surface area contributed by atoms with Gasteiger partial charge in [0.25, 0.3) is 0 Å². The Morgan fingerprint density at radius 2 is 1.96 bits per heavy atom. The van der Waals surface area contributed by atoms with Gasteiger partial charge in [0, 0.05) is 23.7 Å². The third-order valence-corrected chi connectivity index (χ3v) is 4.77. The molecule has 0 saturated heterocycles. The van der Waals surface area contributed by atoms with Gasteiger partial charge in [-0.25, -0.2) is 0 Å². The minimum absolute atomic E-state index is 0.242. The molecule has 0 spiro atoms. The lowest BCUT2D eigenvalue weighted by atomic mass is 9.87. The number of benzene rings is 1. The summed E-state index contributed by atoms with van der Waals surface area (Å²) in [5, 5.41) is 11.0. The zero-order chi connectivity index (χ0) is 18.6. The van der Waals surface area contributed by atoms with E-state index in [0.29, 0.717) is 18.8 Å².